The molecule has 5 nitrogen and oxygen atoms in total. The Bertz CT molecular complexity index is 1140. The zero-order valence-corrected chi connectivity index (χ0v) is 18.5. The average Bonchev–Trinajstić information content (AvgIpc) is 3.15. The molecular weight excluding hydrogens is 458 g/mol. The van der Waals surface area contributed by atoms with E-state index in [2.05, 4.69) is 20.9 Å². The van der Waals surface area contributed by atoms with Crippen LogP contribution in [0.25, 0.3) is 6.08 Å². The van der Waals surface area contributed by atoms with Gasteiger partial charge in [0.05, 0.1) is 6.61 Å². The van der Waals surface area contributed by atoms with Gasteiger partial charge in [-0.15, -0.1) is 0 Å². The molecule has 0 aliphatic carbocycles. The second-order valence-electron chi connectivity index (χ2n) is 6.76. The Morgan fingerprint density at radius 1 is 0.968 bits per heavy atom. The van der Waals surface area contributed by atoms with Gasteiger partial charge >= 0.3 is 5.97 Å². The fourth-order valence-electron chi connectivity index (χ4n) is 3.01. The number of halogens is 1. The summed E-state index contributed by atoms with van der Waals surface area (Å²) in [5.74, 6) is 1.06. The van der Waals surface area contributed by atoms with Crippen LogP contribution in [0, 0.1) is 0 Å². The summed E-state index contributed by atoms with van der Waals surface area (Å²) in [4.78, 5) is 16.6. The van der Waals surface area contributed by atoms with Gasteiger partial charge in [0.15, 0.2) is 17.2 Å². The number of benzene rings is 3. The maximum atomic E-state index is 12.3. The molecule has 0 saturated carbocycles. The van der Waals surface area contributed by atoms with E-state index in [1.165, 1.54) is 0 Å². The van der Waals surface area contributed by atoms with Gasteiger partial charge in [0.25, 0.3) is 0 Å². The molecule has 0 aromatic heterocycles. The van der Waals surface area contributed by atoms with Crippen molar-refractivity contribution < 1.29 is 19.0 Å². The highest BCUT2D eigenvalue weighted by atomic mass is 79.9. The number of carbonyl (C=O) groups is 1. The molecular formula is C25H20BrNO4. The number of carbonyl (C=O) groups excluding carboxylic acids is 1. The average molecular weight is 478 g/mol. The van der Waals surface area contributed by atoms with Gasteiger partial charge in [0, 0.05) is 10.0 Å². The summed E-state index contributed by atoms with van der Waals surface area (Å²) in [5, 5.41) is 0. The van der Waals surface area contributed by atoms with Crippen LogP contribution in [-0.4, -0.2) is 18.5 Å². The standard InChI is InChI=1S/C25H20BrNO4/c1-2-29-23-15-18(10-13-22(23)30-16-17-8-11-20(26)12-9-17)14-21-25(28)31-24(27-21)19-6-4-3-5-7-19/h3-15H,2,16H2,1H3/b21-14-. The van der Waals surface area contributed by atoms with E-state index in [-0.39, 0.29) is 5.70 Å². The third kappa shape index (κ3) is 5.22. The summed E-state index contributed by atoms with van der Waals surface area (Å²) >= 11 is 3.43. The lowest BCUT2D eigenvalue weighted by Crippen LogP contribution is -2.05. The molecule has 0 unspecified atom stereocenters. The highest BCUT2D eigenvalue weighted by molar-refractivity contribution is 9.10. The summed E-state index contributed by atoms with van der Waals surface area (Å²) in [6.45, 7) is 2.83. The molecule has 6 heteroatoms. The number of nitrogens with zero attached hydrogens (tertiary/aromatic N) is 1. The van der Waals surface area contributed by atoms with Crippen molar-refractivity contribution in [2.75, 3.05) is 6.61 Å². The Morgan fingerprint density at radius 3 is 2.48 bits per heavy atom. The van der Waals surface area contributed by atoms with Crippen LogP contribution in [-0.2, 0) is 16.1 Å². The van der Waals surface area contributed by atoms with Gasteiger partial charge in [-0.1, -0.05) is 52.3 Å². The number of hydrogen-bond donors (Lipinski definition) is 0. The molecule has 0 saturated heterocycles. The predicted octanol–water partition coefficient (Wildman–Crippen LogP) is 5.77. The number of aliphatic imine (C=N–C) groups is 1. The first-order valence-corrected chi connectivity index (χ1v) is 10.6. The third-order valence-corrected chi connectivity index (χ3v) is 5.05. The molecule has 156 valence electrons. The van der Waals surface area contributed by atoms with E-state index in [0.29, 0.717) is 30.6 Å². The van der Waals surface area contributed by atoms with E-state index >= 15 is 0 Å². The van der Waals surface area contributed by atoms with Crippen molar-refractivity contribution >= 4 is 33.9 Å². The number of hydrogen-bond acceptors (Lipinski definition) is 5. The first-order chi connectivity index (χ1) is 15.1. The number of ether oxygens (including phenoxy) is 3. The smallest absolute Gasteiger partial charge is 0.363 e. The molecule has 1 heterocycles. The maximum absolute atomic E-state index is 12.3. The normalized spacial score (nSPS) is 14.3. The van der Waals surface area contributed by atoms with Crippen LogP contribution in [0.15, 0.2) is 88.0 Å². The fourth-order valence-corrected chi connectivity index (χ4v) is 3.28. The van der Waals surface area contributed by atoms with Crippen molar-refractivity contribution in [2.24, 2.45) is 4.99 Å². The number of esters is 1. The Labute approximate surface area is 189 Å². The second kappa shape index (κ2) is 9.62. The molecule has 1 aliphatic heterocycles. The van der Waals surface area contributed by atoms with Gasteiger partial charge in [-0.05, 0) is 60.5 Å². The van der Waals surface area contributed by atoms with E-state index in [0.717, 1.165) is 21.2 Å². The molecule has 0 fully saturated rings. The van der Waals surface area contributed by atoms with Gasteiger partial charge in [-0.2, -0.15) is 0 Å². The number of rotatable bonds is 7. The molecule has 4 rings (SSSR count). The SMILES string of the molecule is CCOc1cc(/C=C2\N=C(c3ccccc3)OC2=O)ccc1OCc1ccc(Br)cc1. The first kappa shape index (κ1) is 20.9. The summed E-state index contributed by atoms with van der Waals surface area (Å²) < 4.78 is 18.0. The van der Waals surface area contributed by atoms with Crippen molar-refractivity contribution in [3.8, 4) is 11.5 Å². The second-order valence-corrected chi connectivity index (χ2v) is 7.67. The van der Waals surface area contributed by atoms with Crippen LogP contribution < -0.4 is 9.47 Å². The van der Waals surface area contributed by atoms with Gasteiger partial charge in [-0.25, -0.2) is 9.79 Å². The Kier molecular flexibility index (Phi) is 6.48. The molecule has 0 bridgehead atoms. The van der Waals surface area contributed by atoms with Crippen LogP contribution in [0.2, 0.25) is 0 Å². The highest BCUT2D eigenvalue weighted by Gasteiger charge is 2.24. The lowest BCUT2D eigenvalue weighted by molar-refractivity contribution is -0.129. The lowest BCUT2D eigenvalue weighted by Gasteiger charge is -2.13. The topological polar surface area (TPSA) is 57.1 Å². The van der Waals surface area contributed by atoms with Crippen molar-refractivity contribution in [3.63, 3.8) is 0 Å². The minimum Gasteiger partial charge on any atom is -0.490 e. The zero-order chi connectivity index (χ0) is 21.6. The summed E-state index contributed by atoms with van der Waals surface area (Å²) in [7, 11) is 0. The summed E-state index contributed by atoms with van der Waals surface area (Å²) in [5.41, 5.74) is 2.81. The van der Waals surface area contributed by atoms with Crippen LogP contribution in [0.4, 0.5) is 0 Å². The molecule has 0 atom stereocenters. The molecule has 0 spiro atoms. The van der Waals surface area contributed by atoms with E-state index in [1.54, 1.807) is 6.08 Å². The van der Waals surface area contributed by atoms with Gasteiger partial charge in [-0.3, -0.25) is 0 Å². The highest BCUT2D eigenvalue weighted by Crippen LogP contribution is 2.31. The predicted molar refractivity (Wildman–Crippen MR) is 123 cm³/mol. The van der Waals surface area contributed by atoms with Gasteiger partial charge < -0.3 is 14.2 Å². The summed E-state index contributed by atoms with van der Waals surface area (Å²) in [6, 6.07) is 22.8. The van der Waals surface area contributed by atoms with E-state index < -0.39 is 5.97 Å². The largest absolute Gasteiger partial charge is 0.490 e. The minimum atomic E-state index is -0.479. The fraction of sp³-hybridized carbons (Fsp3) is 0.120. The van der Waals surface area contributed by atoms with Crippen LogP contribution in [0.3, 0.4) is 0 Å². The lowest BCUT2D eigenvalue weighted by atomic mass is 10.1. The molecule has 31 heavy (non-hydrogen) atoms. The molecule has 0 amide bonds. The van der Waals surface area contributed by atoms with E-state index in [9.17, 15) is 4.79 Å². The molecule has 3 aromatic rings. The zero-order valence-electron chi connectivity index (χ0n) is 16.9. The van der Waals surface area contributed by atoms with Crippen LogP contribution >= 0.6 is 15.9 Å². The molecule has 0 N–H and O–H groups in total. The van der Waals surface area contributed by atoms with Crippen LogP contribution in [0.1, 0.15) is 23.6 Å². The van der Waals surface area contributed by atoms with Crippen molar-refractivity contribution in [1.29, 1.82) is 0 Å². The van der Waals surface area contributed by atoms with Crippen molar-refractivity contribution in [1.82, 2.24) is 0 Å². The van der Waals surface area contributed by atoms with Crippen LogP contribution in [0.5, 0.6) is 11.5 Å². The van der Waals surface area contributed by atoms with E-state index in [1.807, 2.05) is 79.7 Å². The Hall–Kier alpha value is -3.38. The maximum Gasteiger partial charge on any atom is 0.363 e. The molecule has 3 aromatic carbocycles. The number of cyclic esters (lactones) is 1. The third-order valence-electron chi connectivity index (χ3n) is 4.52. The van der Waals surface area contributed by atoms with Crippen molar-refractivity contribution in [3.05, 3.63) is 99.7 Å². The van der Waals surface area contributed by atoms with Crippen molar-refractivity contribution in [2.45, 2.75) is 13.5 Å². The first-order valence-electron chi connectivity index (χ1n) is 9.84. The monoisotopic (exact) mass is 477 g/mol. The molecule has 0 radical (unpaired) electrons. The Morgan fingerprint density at radius 2 is 1.74 bits per heavy atom. The quantitative estimate of drug-likeness (QED) is 0.320. The summed E-state index contributed by atoms with van der Waals surface area (Å²) in [6.07, 6.45) is 1.68. The molecule has 1 aliphatic rings. The minimum absolute atomic E-state index is 0.241. The van der Waals surface area contributed by atoms with E-state index in [4.69, 9.17) is 14.2 Å². The Balaban J connectivity index is 1.55. The van der Waals surface area contributed by atoms with Gasteiger partial charge in [0.1, 0.15) is 6.61 Å². The van der Waals surface area contributed by atoms with Gasteiger partial charge in [0.2, 0.25) is 5.90 Å².